The molecule has 5 heterocycles. The van der Waals surface area contributed by atoms with Gasteiger partial charge in [-0.3, -0.25) is 9.10 Å². The smallest absolute Gasteiger partial charge is 0.270 e. The van der Waals surface area contributed by atoms with Crippen LogP contribution in [0.15, 0.2) is 66.7 Å². The lowest BCUT2D eigenvalue weighted by Crippen LogP contribution is -2.26. The minimum Gasteiger partial charge on any atom is -0.354 e. The lowest BCUT2D eigenvalue weighted by molar-refractivity contribution is 0.0957. The number of fused-ring (bicyclic) bond motifs is 6. The molecule has 6 aromatic rings. The molecule has 0 bridgehead atoms. The zero-order chi connectivity index (χ0) is 30.9. The number of carbonyl (C=O) groups is 1. The quantitative estimate of drug-likeness (QED) is 0.302. The van der Waals surface area contributed by atoms with E-state index in [1.165, 1.54) is 49.1 Å². The number of nitrogens with zero attached hydrogens (tertiary/aromatic N) is 6. The lowest BCUT2D eigenvalue weighted by atomic mass is 10.0. The predicted molar refractivity (Wildman–Crippen MR) is 163 cm³/mol. The van der Waals surface area contributed by atoms with E-state index in [-0.39, 0.29) is 23.0 Å². The van der Waals surface area contributed by atoms with E-state index >= 15 is 0 Å². The Morgan fingerprint density at radius 3 is 2.50 bits per heavy atom. The summed E-state index contributed by atoms with van der Waals surface area (Å²) in [5.41, 5.74) is 4.52. The van der Waals surface area contributed by atoms with Crippen LogP contribution in [0.4, 0.5) is 14.6 Å². The van der Waals surface area contributed by atoms with Gasteiger partial charge in [-0.15, -0.1) is 5.10 Å². The number of hydrogen-bond donors (Lipinski definition) is 1. The molecule has 13 heteroatoms. The van der Waals surface area contributed by atoms with Gasteiger partial charge in [-0.2, -0.15) is 0 Å². The number of nitrogens with one attached hydrogen (secondary N) is 1. The number of carbonyl (C=O) groups excluding carboxylic acids is 1. The van der Waals surface area contributed by atoms with Crippen LogP contribution in [0.1, 0.15) is 16.1 Å². The van der Waals surface area contributed by atoms with Crippen molar-refractivity contribution in [3.8, 4) is 28.3 Å². The maximum absolute atomic E-state index is 14.7. The third kappa shape index (κ3) is 4.30. The van der Waals surface area contributed by atoms with E-state index in [1.807, 2.05) is 16.7 Å². The number of benzene rings is 2. The van der Waals surface area contributed by atoms with E-state index in [0.29, 0.717) is 46.4 Å². The summed E-state index contributed by atoms with van der Waals surface area (Å²) in [6.45, 7) is 0.657. The second kappa shape index (κ2) is 9.95. The van der Waals surface area contributed by atoms with Gasteiger partial charge in [0.25, 0.3) is 5.91 Å². The molecule has 0 aliphatic carbocycles. The molecule has 7 rings (SSSR count). The van der Waals surface area contributed by atoms with Gasteiger partial charge in [-0.05, 0) is 66.6 Å². The first-order chi connectivity index (χ1) is 21.0. The Balaban J connectivity index is 1.50. The van der Waals surface area contributed by atoms with Gasteiger partial charge in [0.2, 0.25) is 10.0 Å². The Morgan fingerprint density at radius 2 is 1.77 bits per heavy atom. The van der Waals surface area contributed by atoms with E-state index in [2.05, 4.69) is 15.4 Å². The van der Waals surface area contributed by atoms with Crippen LogP contribution in [0.2, 0.25) is 0 Å². The van der Waals surface area contributed by atoms with Crippen LogP contribution < -0.4 is 9.62 Å². The fourth-order valence-electron chi connectivity index (χ4n) is 5.67. The van der Waals surface area contributed by atoms with Gasteiger partial charge in [0.05, 0.1) is 39.9 Å². The highest BCUT2D eigenvalue weighted by Gasteiger charge is 2.28. The van der Waals surface area contributed by atoms with Gasteiger partial charge >= 0.3 is 0 Å². The van der Waals surface area contributed by atoms with E-state index in [9.17, 15) is 22.0 Å². The van der Waals surface area contributed by atoms with Crippen LogP contribution in [0.3, 0.4) is 0 Å². The van der Waals surface area contributed by atoms with Crippen molar-refractivity contribution in [2.24, 2.45) is 0 Å². The Kier molecular flexibility index (Phi) is 6.25. The van der Waals surface area contributed by atoms with Crippen molar-refractivity contribution in [2.75, 3.05) is 24.7 Å². The molecule has 44 heavy (non-hydrogen) atoms. The van der Waals surface area contributed by atoms with Crippen molar-refractivity contribution in [1.82, 2.24) is 29.6 Å². The molecular weight excluding hydrogens is 588 g/mol. The lowest BCUT2D eigenvalue weighted by Gasteiger charge is -2.22. The number of rotatable bonds is 5. The Morgan fingerprint density at radius 1 is 1.00 bits per heavy atom. The van der Waals surface area contributed by atoms with Crippen LogP contribution >= 0.6 is 0 Å². The SMILES string of the molecule is CNC(=O)c1c2cc(-c3ccc4c(n3)-c3cc5c(F)cccc5n3CC4)c(N(C)S(C)(=O)=O)nc2nn1-c1ccc(F)cc1. The van der Waals surface area contributed by atoms with Gasteiger partial charge in [-0.25, -0.2) is 31.8 Å². The molecule has 0 radical (unpaired) electrons. The molecular formula is C31H25F2N7O3S. The summed E-state index contributed by atoms with van der Waals surface area (Å²) in [5, 5.41) is 7.96. The predicted octanol–water partition coefficient (Wildman–Crippen LogP) is 4.69. The third-order valence-electron chi connectivity index (χ3n) is 7.95. The van der Waals surface area contributed by atoms with Crippen LogP contribution in [-0.2, 0) is 23.0 Å². The molecule has 2 aromatic carbocycles. The van der Waals surface area contributed by atoms with Gasteiger partial charge in [0, 0.05) is 31.6 Å². The molecule has 0 spiro atoms. The molecule has 10 nitrogen and oxygen atoms in total. The fourth-order valence-corrected chi connectivity index (χ4v) is 6.13. The molecule has 222 valence electrons. The second-order valence-corrected chi connectivity index (χ2v) is 12.6. The van der Waals surface area contributed by atoms with Crippen molar-refractivity contribution in [3.05, 3.63) is 89.6 Å². The van der Waals surface area contributed by atoms with E-state index in [4.69, 9.17) is 4.98 Å². The average molecular weight is 614 g/mol. The fraction of sp³-hybridized carbons (Fsp3) is 0.161. The van der Waals surface area contributed by atoms with Crippen molar-refractivity contribution in [1.29, 1.82) is 0 Å². The molecule has 1 amide bonds. The zero-order valence-corrected chi connectivity index (χ0v) is 24.7. The third-order valence-corrected chi connectivity index (χ3v) is 9.12. The number of aryl methyl sites for hydroxylation is 2. The minimum absolute atomic E-state index is 0.0575. The molecule has 1 aliphatic rings. The highest BCUT2D eigenvalue weighted by molar-refractivity contribution is 7.92. The maximum atomic E-state index is 14.7. The number of amides is 1. The summed E-state index contributed by atoms with van der Waals surface area (Å²) in [6.07, 6.45) is 1.73. The van der Waals surface area contributed by atoms with Crippen molar-refractivity contribution in [2.45, 2.75) is 13.0 Å². The second-order valence-electron chi connectivity index (χ2n) is 10.6. The molecule has 0 atom stereocenters. The number of anilines is 1. The largest absolute Gasteiger partial charge is 0.354 e. The normalized spacial score (nSPS) is 12.8. The number of hydrogen-bond acceptors (Lipinski definition) is 6. The van der Waals surface area contributed by atoms with Gasteiger partial charge in [0.15, 0.2) is 11.5 Å². The molecule has 0 fully saturated rings. The van der Waals surface area contributed by atoms with Crippen LogP contribution in [0.25, 0.3) is 50.3 Å². The molecule has 4 aromatic heterocycles. The number of pyridine rings is 2. The molecule has 1 N–H and O–H groups in total. The van der Waals surface area contributed by atoms with Crippen molar-refractivity contribution < 1.29 is 22.0 Å². The first kappa shape index (κ1) is 27.7. The van der Waals surface area contributed by atoms with E-state index in [1.54, 1.807) is 24.3 Å². The number of aromatic nitrogens is 5. The highest BCUT2D eigenvalue weighted by Crippen LogP contribution is 2.39. The standard InChI is InChI=1S/C31H25F2N7O3S/c1-34-31(41)28-22-15-21(30(38(2)44(3,42)43)36-29(22)37-40(28)19-10-8-18(32)9-11-19)24-12-7-17-13-14-39-25-6-4-5-23(33)20(25)16-26(39)27(17)35-24/h4-12,15-16H,13-14H2,1-3H3,(H,34,41). The Hall–Kier alpha value is -5.17. The van der Waals surface area contributed by atoms with Gasteiger partial charge < -0.3 is 9.88 Å². The number of halogens is 2. The summed E-state index contributed by atoms with van der Waals surface area (Å²) >= 11 is 0. The van der Waals surface area contributed by atoms with Crippen LogP contribution in [-0.4, -0.2) is 59.0 Å². The first-order valence-electron chi connectivity index (χ1n) is 13.7. The molecule has 0 saturated heterocycles. The summed E-state index contributed by atoms with van der Waals surface area (Å²) in [6, 6.07) is 17.5. The molecule has 0 unspecified atom stereocenters. The Bertz CT molecular complexity index is 2260. The zero-order valence-electron chi connectivity index (χ0n) is 23.8. The Labute approximate surface area is 250 Å². The summed E-state index contributed by atoms with van der Waals surface area (Å²) in [4.78, 5) is 22.8. The summed E-state index contributed by atoms with van der Waals surface area (Å²) in [5.74, 6) is -1.20. The first-order valence-corrected chi connectivity index (χ1v) is 15.5. The monoisotopic (exact) mass is 613 g/mol. The summed E-state index contributed by atoms with van der Waals surface area (Å²) in [7, 11) is -0.929. The highest BCUT2D eigenvalue weighted by atomic mass is 32.2. The van der Waals surface area contributed by atoms with Gasteiger partial charge in [-0.1, -0.05) is 12.1 Å². The van der Waals surface area contributed by atoms with Gasteiger partial charge in [0.1, 0.15) is 17.3 Å². The number of sulfonamides is 1. The summed E-state index contributed by atoms with van der Waals surface area (Å²) < 4.78 is 58.3. The van der Waals surface area contributed by atoms with E-state index in [0.717, 1.165) is 27.3 Å². The topological polar surface area (TPSA) is 115 Å². The minimum atomic E-state index is -3.78. The maximum Gasteiger partial charge on any atom is 0.270 e. The van der Waals surface area contributed by atoms with Crippen LogP contribution in [0.5, 0.6) is 0 Å². The average Bonchev–Trinajstić information content (AvgIpc) is 3.59. The van der Waals surface area contributed by atoms with Crippen molar-refractivity contribution >= 4 is 43.7 Å². The van der Waals surface area contributed by atoms with E-state index < -0.39 is 21.7 Å². The molecule has 0 saturated carbocycles. The van der Waals surface area contributed by atoms with Crippen LogP contribution in [0, 0.1) is 11.6 Å². The molecule has 1 aliphatic heterocycles. The van der Waals surface area contributed by atoms with Crippen molar-refractivity contribution in [3.63, 3.8) is 0 Å².